The number of piperazine rings is 1. The van der Waals surface area contributed by atoms with E-state index in [0.717, 1.165) is 32.7 Å². The van der Waals surface area contributed by atoms with Crippen LogP contribution in [0.25, 0.3) is 0 Å². The molecule has 2 rings (SSSR count). The van der Waals surface area contributed by atoms with Gasteiger partial charge in [-0.2, -0.15) is 0 Å². The van der Waals surface area contributed by atoms with E-state index in [0.29, 0.717) is 5.41 Å². The third-order valence-corrected chi connectivity index (χ3v) is 4.34. The van der Waals surface area contributed by atoms with E-state index >= 15 is 0 Å². The minimum absolute atomic E-state index is 0.221. The Morgan fingerprint density at radius 1 is 1.24 bits per heavy atom. The third kappa shape index (κ3) is 2.99. The summed E-state index contributed by atoms with van der Waals surface area (Å²) in [7, 11) is 2.05. The van der Waals surface area contributed by atoms with Gasteiger partial charge in [-0.15, -0.1) is 0 Å². The fourth-order valence-corrected chi connectivity index (χ4v) is 3.14. The van der Waals surface area contributed by atoms with Crippen LogP contribution in [-0.2, 0) is 4.79 Å². The van der Waals surface area contributed by atoms with Gasteiger partial charge in [0.05, 0.1) is 0 Å². The summed E-state index contributed by atoms with van der Waals surface area (Å²) in [6.07, 6.45) is 4.11. The lowest BCUT2D eigenvalue weighted by atomic mass is 9.68. The average Bonchev–Trinajstić information content (AvgIpc) is 2.27. The lowest BCUT2D eigenvalue weighted by molar-refractivity contribution is -0.130. The van der Waals surface area contributed by atoms with E-state index in [1.165, 1.54) is 25.8 Å². The summed E-state index contributed by atoms with van der Waals surface area (Å²) in [6.45, 7) is 7.93. The maximum Gasteiger partial charge on any atom is 0.219 e. The van der Waals surface area contributed by atoms with Gasteiger partial charge in [-0.05, 0) is 25.3 Å². The molecule has 1 N–H and O–H groups in total. The highest BCUT2D eigenvalue weighted by Gasteiger charge is 2.38. The molecule has 0 spiro atoms. The van der Waals surface area contributed by atoms with E-state index in [-0.39, 0.29) is 5.91 Å². The Kier molecular flexibility index (Phi) is 4.05. The van der Waals surface area contributed by atoms with Crippen LogP contribution in [0.5, 0.6) is 0 Å². The van der Waals surface area contributed by atoms with E-state index in [9.17, 15) is 4.79 Å². The first-order valence-corrected chi connectivity index (χ1v) is 6.78. The normalized spacial score (nSPS) is 24.5. The standard InChI is InChI=1S/C13H25N3O/c1-12(17)16-8-6-15(7-9-16)11-13(10-14-2)4-3-5-13/h14H,3-11H2,1-2H3. The van der Waals surface area contributed by atoms with Gasteiger partial charge in [-0.3, -0.25) is 9.69 Å². The average molecular weight is 239 g/mol. The van der Waals surface area contributed by atoms with Crippen LogP contribution in [0.4, 0.5) is 0 Å². The van der Waals surface area contributed by atoms with Crippen LogP contribution in [0.15, 0.2) is 0 Å². The summed E-state index contributed by atoms with van der Waals surface area (Å²) in [5.74, 6) is 0.221. The van der Waals surface area contributed by atoms with Crippen molar-refractivity contribution in [1.29, 1.82) is 0 Å². The topological polar surface area (TPSA) is 35.6 Å². The highest BCUT2D eigenvalue weighted by molar-refractivity contribution is 5.73. The molecule has 0 unspecified atom stereocenters. The van der Waals surface area contributed by atoms with Gasteiger partial charge >= 0.3 is 0 Å². The molecule has 2 aliphatic rings. The molecule has 1 saturated carbocycles. The fourth-order valence-electron chi connectivity index (χ4n) is 3.14. The van der Waals surface area contributed by atoms with Gasteiger partial charge in [0.25, 0.3) is 0 Å². The SMILES string of the molecule is CNCC1(CN2CCN(C(C)=O)CC2)CCC1. The second-order valence-electron chi connectivity index (χ2n) is 5.67. The molecular formula is C13H25N3O. The fraction of sp³-hybridized carbons (Fsp3) is 0.923. The van der Waals surface area contributed by atoms with Crippen molar-refractivity contribution >= 4 is 5.91 Å². The maximum atomic E-state index is 11.3. The van der Waals surface area contributed by atoms with Crippen molar-refractivity contribution in [3.8, 4) is 0 Å². The van der Waals surface area contributed by atoms with Gasteiger partial charge in [-0.1, -0.05) is 6.42 Å². The summed E-state index contributed by atoms with van der Waals surface area (Å²) in [5, 5.41) is 3.34. The Morgan fingerprint density at radius 3 is 2.29 bits per heavy atom. The molecule has 4 heteroatoms. The van der Waals surface area contributed by atoms with Gasteiger partial charge < -0.3 is 10.2 Å². The summed E-state index contributed by atoms with van der Waals surface area (Å²) >= 11 is 0. The Morgan fingerprint density at radius 2 is 1.88 bits per heavy atom. The zero-order chi connectivity index (χ0) is 12.3. The number of nitrogens with zero attached hydrogens (tertiary/aromatic N) is 2. The molecule has 0 atom stereocenters. The summed E-state index contributed by atoms with van der Waals surface area (Å²) in [5.41, 5.74) is 0.521. The number of carbonyl (C=O) groups is 1. The molecule has 1 aliphatic carbocycles. The van der Waals surface area contributed by atoms with Crippen molar-refractivity contribution < 1.29 is 4.79 Å². The predicted molar refractivity (Wildman–Crippen MR) is 68.9 cm³/mol. The molecule has 1 amide bonds. The molecule has 4 nitrogen and oxygen atoms in total. The number of hydrogen-bond acceptors (Lipinski definition) is 3. The van der Waals surface area contributed by atoms with Crippen molar-refractivity contribution in [1.82, 2.24) is 15.1 Å². The molecular weight excluding hydrogens is 214 g/mol. The molecule has 0 aromatic rings. The lowest BCUT2D eigenvalue weighted by Gasteiger charge is -2.47. The number of carbonyl (C=O) groups excluding carboxylic acids is 1. The third-order valence-electron chi connectivity index (χ3n) is 4.34. The molecule has 98 valence electrons. The van der Waals surface area contributed by atoms with Crippen LogP contribution in [0.1, 0.15) is 26.2 Å². The van der Waals surface area contributed by atoms with Crippen molar-refractivity contribution in [2.75, 3.05) is 46.3 Å². The lowest BCUT2D eigenvalue weighted by Crippen LogP contribution is -2.54. The van der Waals surface area contributed by atoms with Gasteiger partial charge in [0, 0.05) is 46.2 Å². The molecule has 1 saturated heterocycles. The zero-order valence-corrected chi connectivity index (χ0v) is 11.2. The summed E-state index contributed by atoms with van der Waals surface area (Å²) in [4.78, 5) is 15.8. The van der Waals surface area contributed by atoms with E-state index in [4.69, 9.17) is 0 Å². The van der Waals surface area contributed by atoms with Crippen molar-refractivity contribution in [2.45, 2.75) is 26.2 Å². The largest absolute Gasteiger partial charge is 0.340 e. The molecule has 17 heavy (non-hydrogen) atoms. The molecule has 0 aromatic carbocycles. The predicted octanol–water partition coefficient (Wildman–Crippen LogP) is 0.540. The number of hydrogen-bond donors (Lipinski definition) is 1. The van der Waals surface area contributed by atoms with Gasteiger partial charge in [0.1, 0.15) is 0 Å². The van der Waals surface area contributed by atoms with Crippen LogP contribution >= 0.6 is 0 Å². The molecule has 0 bridgehead atoms. The number of rotatable bonds is 4. The second kappa shape index (κ2) is 5.36. The first-order valence-electron chi connectivity index (χ1n) is 6.78. The van der Waals surface area contributed by atoms with E-state index in [2.05, 4.69) is 10.2 Å². The number of nitrogens with one attached hydrogen (secondary N) is 1. The van der Waals surface area contributed by atoms with Gasteiger partial charge in [0.15, 0.2) is 0 Å². The zero-order valence-electron chi connectivity index (χ0n) is 11.2. The van der Waals surface area contributed by atoms with Crippen molar-refractivity contribution in [3.63, 3.8) is 0 Å². The van der Waals surface area contributed by atoms with E-state index < -0.39 is 0 Å². The van der Waals surface area contributed by atoms with Crippen LogP contribution in [0, 0.1) is 5.41 Å². The van der Waals surface area contributed by atoms with Crippen LogP contribution in [0.3, 0.4) is 0 Å². The number of amides is 1. The highest BCUT2D eigenvalue weighted by atomic mass is 16.2. The van der Waals surface area contributed by atoms with Crippen LogP contribution < -0.4 is 5.32 Å². The molecule has 1 heterocycles. The van der Waals surface area contributed by atoms with Crippen molar-refractivity contribution in [3.05, 3.63) is 0 Å². The first-order chi connectivity index (χ1) is 8.15. The monoisotopic (exact) mass is 239 g/mol. The van der Waals surface area contributed by atoms with E-state index in [1.807, 2.05) is 11.9 Å². The van der Waals surface area contributed by atoms with Gasteiger partial charge in [-0.25, -0.2) is 0 Å². The minimum atomic E-state index is 0.221. The quantitative estimate of drug-likeness (QED) is 0.778. The molecule has 2 fully saturated rings. The molecule has 0 radical (unpaired) electrons. The Hall–Kier alpha value is -0.610. The first kappa shape index (κ1) is 12.8. The van der Waals surface area contributed by atoms with Crippen molar-refractivity contribution in [2.24, 2.45) is 5.41 Å². The van der Waals surface area contributed by atoms with E-state index in [1.54, 1.807) is 6.92 Å². The second-order valence-corrected chi connectivity index (χ2v) is 5.67. The van der Waals surface area contributed by atoms with Crippen LogP contribution in [0.2, 0.25) is 0 Å². The summed E-state index contributed by atoms with van der Waals surface area (Å²) in [6, 6.07) is 0. The Bertz CT molecular complexity index is 268. The Balaban J connectivity index is 1.79. The Labute approximate surface area is 104 Å². The molecule has 1 aliphatic heterocycles. The smallest absolute Gasteiger partial charge is 0.219 e. The molecule has 0 aromatic heterocycles. The van der Waals surface area contributed by atoms with Crippen LogP contribution in [-0.4, -0.2) is 62.0 Å². The highest BCUT2D eigenvalue weighted by Crippen LogP contribution is 2.41. The maximum absolute atomic E-state index is 11.3. The minimum Gasteiger partial charge on any atom is -0.340 e. The van der Waals surface area contributed by atoms with Gasteiger partial charge in [0.2, 0.25) is 5.91 Å². The summed E-state index contributed by atoms with van der Waals surface area (Å²) < 4.78 is 0.